The van der Waals surface area contributed by atoms with Gasteiger partial charge in [0.2, 0.25) is 0 Å². The summed E-state index contributed by atoms with van der Waals surface area (Å²) >= 11 is 0. The van der Waals surface area contributed by atoms with Crippen molar-refractivity contribution >= 4 is 5.97 Å². The fourth-order valence-corrected chi connectivity index (χ4v) is 2.92. The van der Waals surface area contributed by atoms with Gasteiger partial charge in [-0.1, -0.05) is 45.4 Å². The smallest absolute Gasteiger partial charge is 0.305 e. The van der Waals surface area contributed by atoms with Crippen molar-refractivity contribution < 1.29 is 9.53 Å². The molecule has 1 aliphatic rings. The Labute approximate surface area is 99.8 Å². The van der Waals surface area contributed by atoms with Crippen LogP contribution in [0.2, 0.25) is 0 Å². The molecule has 0 spiro atoms. The van der Waals surface area contributed by atoms with Crippen LogP contribution in [0.4, 0.5) is 0 Å². The Balaban J connectivity index is 2.27. The van der Waals surface area contributed by atoms with Gasteiger partial charge in [-0.3, -0.25) is 4.79 Å². The Morgan fingerprint density at radius 1 is 1.25 bits per heavy atom. The number of hydrogen-bond donors (Lipinski definition) is 0. The maximum absolute atomic E-state index is 11.3. The van der Waals surface area contributed by atoms with Gasteiger partial charge >= 0.3 is 5.97 Å². The summed E-state index contributed by atoms with van der Waals surface area (Å²) in [6.45, 7) is 4.64. The molecule has 1 saturated carbocycles. The molecule has 0 aliphatic heterocycles. The third kappa shape index (κ3) is 4.54. The second kappa shape index (κ2) is 7.70. The summed E-state index contributed by atoms with van der Waals surface area (Å²) in [5.74, 6) is 1.59. The fourth-order valence-electron chi connectivity index (χ4n) is 2.92. The van der Waals surface area contributed by atoms with Crippen LogP contribution in [0.3, 0.4) is 0 Å². The van der Waals surface area contributed by atoms with Gasteiger partial charge in [-0.2, -0.15) is 0 Å². The van der Waals surface area contributed by atoms with E-state index in [-0.39, 0.29) is 5.97 Å². The van der Waals surface area contributed by atoms with E-state index in [1.165, 1.54) is 38.5 Å². The highest BCUT2D eigenvalue weighted by Crippen LogP contribution is 2.34. The molecular weight excluding hydrogens is 200 g/mol. The topological polar surface area (TPSA) is 26.3 Å². The van der Waals surface area contributed by atoms with Crippen LogP contribution >= 0.6 is 0 Å². The Morgan fingerprint density at radius 2 is 1.94 bits per heavy atom. The first-order chi connectivity index (χ1) is 7.77. The first-order valence-corrected chi connectivity index (χ1v) is 6.93. The average molecular weight is 226 g/mol. The summed E-state index contributed by atoms with van der Waals surface area (Å²) in [5.41, 5.74) is 0. The Morgan fingerprint density at radius 3 is 2.50 bits per heavy atom. The quantitative estimate of drug-likeness (QED) is 0.641. The molecule has 1 atom stereocenters. The normalized spacial score (nSPS) is 19.4. The van der Waals surface area contributed by atoms with Crippen LogP contribution in [0, 0.1) is 11.8 Å². The fraction of sp³-hybridized carbons (Fsp3) is 0.929. The van der Waals surface area contributed by atoms with Crippen molar-refractivity contribution in [3.8, 4) is 0 Å². The van der Waals surface area contributed by atoms with Crippen LogP contribution in [-0.4, -0.2) is 12.6 Å². The molecule has 16 heavy (non-hydrogen) atoms. The van der Waals surface area contributed by atoms with Gasteiger partial charge in [-0.25, -0.2) is 0 Å². The molecule has 1 aliphatic carbocycles. The summed E-state index contributed by atoms with van der Waals surface area (Å²) in [7, 11) is 0. The third-order valence-electron chi connectivity index (χ3n) is 3.87. The minimum Gasteiger partial charge on any atom is -0.466 e. The molecule has 0 N–H and O–H groups in total. The van der Waals surface area contributed by atoms with E-state index in [0.29, 0.717) is 13.0 Å². The van der Waals surface area contributed by atoms with Gasteiger partial charge in [0, 0.05) is 6.42 Å². The number of hydrogen-bond acceptors (Lipinski definition) is 2. The monoisotopic (exact) mass is 226 g/mol. The van der Waals surface area contributed by atoms with Crippen LogP contribution in [0.25, 0.3) is 0 Å². The van der Waals surface area contributed by atoms with Gasteiger partial charge in [0.15, 0.2) is 0 Å². The van der Waals surface area contributed by atoms with E-state index < -0.39 is 0 Å². The summed E-state index contributed by atoms with van der Waals surface area (Å²) in [5, 5.41) is 0. The van der Waals surface area contributed by atoms with Crippen molar-refractivity contribution in [1.82, 2.24) is 0 Å². The molecule has 2 heteroatoms. The summed E-state index contributed by atoms with van der Waals surface area (Å²) in [6.07, 6.45) is 9.79. The second-order valence-corrected chi connectivity index (χ2v) is 4.91. The summed E-state index contributed by atoms with van der Waals surface area (Å²) in [4.78, 5) is 11.3. The van der Waals surface area contributed by atoms with Gasteiger partial charge in [-0.15, -0.1) is 0 Å². The van der Waals surface area contributed by atoms with Crippen molar-refractivity contribution in [3.63, 3.8) is 0 Å². The molecule has 0 bridgehead atoms. The zero-order valence-corrected chi connectivity index (χ0v) is 10.8. The molecule has 0 saturated heterocycles. The molecule has 2 nitrogen and oxygen atoms in total. The summed E-state index contributed by atoms with van der Waals surface area (Å²) in [6, 6.07) is 0. The van der Waals surface area contributed by atoms with Crippen LogP contribution in [0.15, 0.2) is 0 Å². The van der Waals surface area contributed by atoms with Crippen molar-refractivity contribution in [3.05, 3.63) is 0 Å². The minimum absolute atomic E-state index is 0.0169. The lowest BCUT2D eigenvalue weighted by molar-refractivity contribution is -0.143. The first-order valence-electron chi connectivity index (χ1n) is 6.93. The van der Waals surface area contributed by atoms with E-state index in [1.807, 2.05) is 6.92 Å². The van der Waals surface area contributed by atoms with Crippen molar-refractivity contribution in [1.29, 1.82) is 0 Å². The highest BCUT2D eigenvalue weighted by atomic mass is 16.5. The average Bonchev–Trinajstić information content (AvgIpc) is 2.31. The third-order valence-corrected chi connectivity index (χ3v) is 3.87. The number of esters is 1. The molecule has 0 radical (unpaired) electrons. The van der Waals surface area contributed by atoms with Gasteiger partial charge < -0.3 is 4.74 Å². The number of carbonyl (C=O) groups is 1. The number of ether oxygens (including phenoxy) is 1. The second-order valence-electron chi connectivity index (χ2n) is 4.91. The lowest BCUT2D eigenvalue weighted by Crippen LogP contribution is -2.19. The van der Waals surface area contributed by atoms with E-state index in [1.54, 1.807) is 0 Å². The molecule has 94 valence electrons. The van der Waals surface area contributed by atoms with E-state index in [2.05, 4.69) is 6.92 Å². The van der Waals surface area contributed by atoms with Crippen molar-refractivity contribution in [2.45, 2.75) is 65.2 Å². The van der Waals surface area contributed by atoms with E-state index >= 15 is 0 Å². The molecule has 0 aromatic carbocycles. The highest BCUT2D eigenvalue weighted by molar-refractivity contribution is 5.69. The summed E-state index contributed by atoms with van der Waals surface area (Å²) < 4.78 is 4.99. The molecule has 0 heterocycles. The zero-order valence-electron chi connectivity index (χ0n) is 10.8. The van der Waals surface area contributed by atoms with E-state index in [4.69, 9.17) is 4.74 Å². The maximum Gasteiger partial charge on any atom is 0.305 e. The van der Waals surface area contributed by atoms with Gasteiger partial charge in [0.05, 0.1) is 6.61 Å². The van der Waals surface area contributed by atoms with E-state index in [9.17, 15) is 4.79 Å². The van der Waals surface area contributed by atoms with Crippen molar-refractivity contribution in [2.75, 3.05) is 6.61 Å². The van der Waals surface area contributed by atoms with Gasteiger partial charge in [0.1, 0.15) is 0 Å². The predicted molar refractivity (Wildman–Crippen MR) is 66.2 cm³/mol. The largest absolute Gasteiger partial charge is 0.466 e. The van der Waals surface area contributed by atoms with Crippen LogP contribution in [0.5, 0.6) is 0 Å². The molecule has 0 amide bonds. The van der Waals surface area contributed by atoms with Crippen LogP contribution in [-0.2, 0) is 9.53 Å². The predicted octanol–water partition coefficient (Wildman–Crippen LogP) is 3.94. The molecule has 0 aromatic heterocycles. The molecule has 1 fully saturated rings. The lowest BCUT2D eigenvalue weighted by Gasteiger charge is -2.29. The Bertz CT molecular complexity index is 195. The molecular formula is C14H26O2. The Hall–Kier alpha value is -0.530. The van der Waals surface area contributed by atoms with Crippen molar-refractivity contribution in [2.24, 2.45) is 11.8 Å². The standard InChI is InChI=1S/C14H26O2/c1-3-12(10-11-14(15)16-4-2)13-8-6-5-7-9-13/h12-13H,3-11H2,1-2H3. The molecule has 1 rings (SSSR count). The number of rotatable bonds is 6. The van der Waals surface area contributed by atoms with Gasteiger partial charge in [0.25, 0.3) is 0 Å². The lowest BCUT2D eigenvalue weighted by atomic mass is 9.77. The number of carbonyl (C=O) groups excluding carboxylic acids is 1. The van der Waals surface area contributed by atoms with Crippen LogP contribution < -0.4 is 0 Å². The molecule has 1 unspecified atom stereocenters. The van der Waals surface area contributed by atoms with E-state index in [0.717, 1.165) is 18.3 Å². The van der Waals surface area contributed by atoms with Gasteiger partial charge in [-0.05, 0) is 25.2 Å². The molecule has 0 aromatic rings. The first kappa shape index (κ1) is 13.5. The SMILES string of the molecule is CCOC(=O)CCC(CC)C1CCCCC1. The minimum atomic E-state index is -0.0169. The van der Waals surface area contributed by atoms with Crippen LogP contribution in [0.1, 0.15) is 65.2 Å². The Kier molecular flexibility index (Phi) is 6.51. The highest BCUT2D eigenvalue weighted by Gasteiger charge is 2.22. The zero-order chi connectivity index (χ0) is 11.8. The maximum atomic E-state index is 11.3.